The molecule has 14 heavy (non-hydrogen) atoms. The van der Waals surface area contributed by atoms with Crippen LogP contribution >= 0.6 is 0 Å². The maximum absolute atomic E-state index is 5.39. The summed E-state index contributed by atoms with van der Waals surface area (Å²) in [6, 6.07) is 7.89. The van der Waals surface area contributed by atoms with E-state index in [2.05, 4.69) is 15.4 Å². The molecular formula is C9H11N5. The Bertz CT molecular complexity index is 417. The molecule has 2 N–H and O–H groups in total. The minimum Gasteiger partial charge on any atom is -0.324 e. The number of hydrogen-bond donors (Lipinski definition) is 1. The average molecular weight is 189 g/mol. The van der Waals surface area contributed by atoms with Gasteiger partial charge in [0.25, 0.3) is 0 Å². The first kappa shape index (κ1) is 8.83. The van der Waals surface area contributed by atoms with E-state index in [0.29, 0.717) is 12.4 Å². The van der Waals surface area contributed by atoms with Gasteiger partial charge in [-0.15, -0.1) is 15.0 Å². The highest BCUT2D eigenvalue weighted by Crippen LogP contribution is 2.05. The molecule has 0 amide bonds. The van der Waals surface area contributed by atoms with Crippen molar-refractivity contribution in [1.29, 1.82) is 0 Å². The highest BCUT2D eigenvalue weighted by molar-refractivity contribution is 5.31. The van der Waals surface area contributed by atoms with Crippen molar-refractivity contribution in [3.63, 3.8) is 0 Å². The molecule has 0 spiro atoms. The van der Waals surface area contributed by atoms with Crippen molar-refractivity contribution in [2.45, 2.75) is 13.5 Å². The van der Waals surface area contributed by atoms with Crippen LogP contribution in [0.5, 0.6) is 0 Å². The molecule has 0 fully saturated rings. The van der Waals surface area contributed by atoms with E-state index in [1.54, 1.807) is 0 Å². The lowest BCUT2D eigenvalue weighted by atomic mass is 10.2. The minimum absolute atomic E-state index is 0.311. The maximum atomic E-state index is 5.39. The zero-order valence-corrected chi connectivity index (χ0v) is 7.88. The molecule has 72 valence electrons. The number of nitrogens with two attached hydrogens (primary N) is 1. The van der Waals surface area contributed by atoms with E-state index in [-0.39, 0.29) is 0 Å². The molecule has 0 aliphatic heterocycles. The van der Waals surface area contributed by atoms with Crippen LogP contribution in [0.4, 0.5) is 0 Å². The van der Waals surface area contributed by atoms with Gasteiger partial charge in [-0.25, -0.2) is 0 Å². The van der Waals surface area contributed by atoms with Gasteiger partial charge in [0.1, 0.15) is 0 Å². The van der Waals surface area contributed by atoms with E-state index in [0.717, 1.165) is 5.69 Å². The van der Waals surface area contributed by atoms with Gasteiger partial charge in [-0.2, -0.15) is 0 Å². The summed E-state index contributed by atoms with van der Waals surface area (Å²) in [5, 5.41) is 11.8. The Hall–Kier alpha value is -1.75. The number of aromatic nitrogens is 4. The smallest absolute Gasteiger partial charge is 0.188 e. The summed E-state index contributed by atoms with van der Waals surface area (Å²) in [4.78, 5) is 1.47. The SMILES string of the molecule is Cc1ccc(-n2nnc(CN)n2)cc1. The summed E-state index contributed by atoms with van der Waals surface area (Å²) >= 11 is 0. The quantitative estimate of drug-likeness (QED) is 0.743. The van der Waals surface area contributed by atoms with Gasteiger partial charge in [-0.3, -0.25) is 0 Å². The molecule has 2 rings (SSSR count). The minimum atomic E-state index is 0.311. The van der Waals surface area contributed by atoms with Crippen molar-refractivity contribution in [1.82, 2.24) is 20.2 Å². The zero-order valence-electron chi connectivity index (χ0n) is 7.88. The highest BCUT2D eigenvalue weighted by atomic mass is 15.6. The van der Waals surface area contributed by atoms with E-state index >= 15 is 0 Å². The van der Waals surface area contributed by atoms with Crippen molar-refractivity contribution < 1.29 is 0 Å². The lowest BCUT2D eigenvalue weighted by molar-refractivity contribution is 0.717. The monoisotopic (exact) mass is 189 g/mol. The first-order chi connectivity index (χ1) is 6.79. The zero-order chi connectivity index (χ0) is 9.97. The molecule has 0 saturated heterocycles. The molecule has 0 unspecified atom stereocenters. The Morgan fingerprint density at radius 2 is 2.00 bits per heavy atom. The van der Waals surface area contributed by atoms with Crippen LogP contribution in [-0.4, -0.2) is 20.2 Å². The molecule has 2 aromatic rings. The second-order valence-corrected chi connectivity index (χ2v) is 3.03. The van der Waals surface area contributed by atoms with Gasteiger partial charge in [-0.1, -0.05) is 17.7 Å². The number of hydrogen-bond acceptors (Lipinski definition) is 4. The molecule has 0 saturated carbocycles. The van der Waals surface area contributed by atoms with Crippen LogP contribution in [-0.2, 0) is 6.54 Å². The van der Waals surface area contributed by atoms with Crippen LogP contribution < -0.4 is 5.73 Å². The predicted octanol–water partition coefficient (Wildman–Crippen LogP) is 0.429. The van der Waals surface area contributed by atoms with Gasteiger partial charge < -0.3 is 5.73 Å². The Labute approximate surface area is 81.5 Å². The number of nitrogens with zero attached hydrogens (tertiary/aromatic N) is 4. The first-order valence-corrected chi connectivity index (χ1v) is 4.35. The molecule has 5 heteroatoms. The summed E-state index contributed by atoms with van der Waals surface area (Å²) in [6.45, 7) is 2.34. The van der Waals surface area contributed by atoms with E-state index in [4.69, 9.17) is 5.73 Å². The summed E-state index contributed by atoms with van der Waals surface area (Å²) in [5.41, 5.74) is 7.48. The Morgan fingerprint density at radius 1 is 1.29 bits per heavy atom. The second-order valence-electron chi connectivity index (χ2n) is 3.03. The van der Waals surface area contributed by atoms with E-state index in [1.165, 1.54) is 10.4 Å². The van der Waals surface area contributed by atoms with Gasteiger partial charge in [0.2, 0.25) is 0 Å². The second kappa shape index (κ2) is 3.55. The standard InChI is InChI=1S/C9H11N5/c1-7-2-4-8(5-3-7)14-12-9(6-10)11-13-14/h2-5H,6,10H2,1H3. The molecular weight excluding hydrogens is 178 g/mol. The summed E-state index contributed by atoms with van der Waals surface area (Å²) in [6.07, 6.45) is 0. The molecule has 1 aromatic heterocycles. The van der Waals surface area contributed by atoms with Crippen molar-refractivity contribution in [2.24, 2.45) is 5.73 Å². The summed E-state index contributed by atoms with van der Waals surface area (Å²) in [5.74, 6) is 0.547. The topological polar surface area (TPSA) is 69.6 Å². The molecule has 0 aliphatic rings. The third kappa shape index (κ3) is 1.62. The molecule has 1 heterocycles. The maximum Gasteiger partial charge on any atom is 0.188 e. The molecule has 0 aliphatic carbocycles. The van der Waals surface area contributed by atoms with Crippen LogP contribution in [0.25, 0.3) is 5.69 Å². The van der Waals surface area contributed by atoms with Crippen LogP contribution in [0.2, 0.25) is 0 Å². The molecule has 0 radical (unpaired) electrons. The molecule has 5 nitrogen and oxygen atoms in total. The fraction of sp³-hybridized carbons (Fsp3) is 0.222. The van der Waals surface area contributed by atoms with Crippen molar-refractivity contribution >= 4 is 0 Å². The normalized spacial score (nSPS) is 10.4. The first-order valence-electron chi connectivity index (χ1n) is 4.35. The Balaban J connectivity index is 2.34. The van der Waals surface area contributed by atoms with E-state index < -0.39 is 0 Å². The Morgan fingerprint density at radius 3 is 2.57 bits per heavy atom. The lowest BCUT2D eigenvalue weighted by Gasteiger charge is -1.97. The number of benzene rings is 1. The van der Waals surface area contributed by atoms with Gasteiger partial charge in [0.15, 0.2) is 5.82 Å². The van der Waals surface area contributed by atoms with Crippen molar-refractivity contribution in [3.05, 3.63) is 35.7 Å². The van der Waals surface area contributed by atoms with Crippen LogP contribution in [0.3, 0.4) is 0 Å². The third-order valence-corrected chi connectivity index (χ3v) is 1.90. The average Bonchev–Trinajstić information content (AvgIpc) is 2.67. The van der Waals surface area contributed by atoms with Crippen LogP contribution in [0.1, 0.15) is 11.4 Å². The summed E-state index contributed by atoms with van der Waals surface area (Å²) in [7, 11) is 0. The van der Waals surface area contributed by atoms with Crippen molar-refractivity contribution in [2.75, 3.05) is 0 Å². The Kier molecular flexibility index (Phi) is 2.24. The number of rotatable bonds is 2. The fourth-order valence-electron chi connectivity index (χ4n) is 1.11. The van der Waals surface area contributed by atoms with Gasteiger partial charge in [0, 0.05) is 0 Å². The van der Waals surface area contributed by atoms with E-state index in [1.807, 2.05) is 31.2 Å². The molecule has 0 atom stereocenters. The molecule has 0 bridgehead atoms. The fourth-order valence-corrected chi connectivity index (χ4v) is 1.11. The number of tetrazole rings is 1. The third-order valence-electron chi connectivity index (χ3n) is 1.90. The van der Waals surface area contributed by atoms with E-state index in [9.17, 15) is 0 Å². The lowest BCUT2D eigenvalue weighted by Crippen LogP contribution is -2.01. The van der Waals surface area contributed by atoms with Crippen molar-refractivity contribution in [3.8, 4) is 5.69 Å². The predicted molar refractivity (Wildman–Crippen MR) is 51.8 cm³/mol. The van der Waals surface area contributed by atoms with Crippen LogP contribution in [0.15, 0.2) is 24.3 Å². The van der Waals surface area contributed by atoms with Gasteiger partial charge in [0.05, 0.1) is 12.2 Å². The highest BCUT2D eigenvalue weighted by Gasteiger charge is 2.01. The van der Waals surface area contributed by atoms with Gasteiger partial charge in [-0.05, 0) is 24.3 Å². The molecule has 1 aromatic carbocycles. The number of aryl methyl sites for hydroxylation is 1. The van der Waals surface area contributed by atoms with Crippen LogP contribution in [0, 0.1) is 6.92 Å². The van der Waals surface area contributed by atoms with Gasteiger partial charge >= 0.3 is 0 Å². The summed E-state index contributed by atoms with van der Waals surface area (Å²) < 4.78 is 0. The largest absolute Gasteiger partial charge is 0.324 e.